The lowest BCUT2D eigenvalue weighted by molar-refractivity contribution is -0.161. The summed E-state index contributed by atoms with van der Waals surface area (Å²) >= 11 is 0. The second-order valence-electron chi connectivity index (χ2n) is 16.9. The average molecular weight is 997 g/mol. The summed E-state index contributed by atoms with van der Waals surface area (Å²) in [6.45, 7) is 4.22. The van der Waals surface area contributed by atoms with Crippen molar-refractivity contribution in [3.05, 3.63) is 122 Å². The zero-order chi connectivity index (χ0) is 51.3. The Morgan fingerprint density at radius 2 is 0.771 bits per heavy atom. The topological polar surface area (TPSA) is 155 Å². The zero-order valence-electron chi connectivity index (χ0n) is 43.4. The van der Waals surface area contributed by atoms with Gasteiger partial charge in [0.1, 0.15) is 12.7 Å². The van der Waals surface area contributed by atoms with Crippen molar-refractivity contribution in [1.29, 1.82) is 0 Å². The van der Waals surface area contributed by atoms with Gasteiger partial charge in [-0.15, -0.1) is 0 Å². The summed E-state index contributed by atoms with van der Waals surface area (Å²) in [6.07, 6.45) is 61.9. The van der Waals surface area contributed by atoms with Gasteiger partial charge in [-0.25, -0.2) is 4.57 Å². The van der Waals surface area contributed by atoms with E-state index in [-0.39, 0.29) is 25.9 Å². The smallest absolute Gasteiger partial charge is 0.462 e. The lowest BCUT2D eigenvalue weighted by atomic mass is 10.1. The molecule has 0 aliphatic heterocycles. The van der Waals surface area contributed by atoms with Crippen LogP contribution in [0.5, 0.6) is 0 Å². The molecule has 0 aromatic heterocycles. The van der Waals surface area contributed by atoms with Gasteiger partial charge in [0.05, 0.1) is 19.8 Å². The molecular weight excluding hydrogens is 904 g/mol. The number of carbonyl (C=O) groups is 3. The van der Waals surface area contributed by atoms with E-state index in [0.717, 1.165) is 89.9 Å². The van der Waals surface area contributed by atoms with Crippen molar-refractivity contribution in [2.75, 3.05) is 26.4 Å². The van der Waals surface area contributed by atoms with E-state index in [1.54, 1.807) is 0 Å². The van der Waals surface area contributed by atoms with Gasteiger partial charge >= 0.3 is 25.7 Å². The van der Waals surface area contributed by atoms with E-state index in [2.05, 4.69) is 130 Å². The molecule has 70 heavy (non-hydrogen) atoms. The third-order valence-corrected chi connectivity index (χ3v) is 11.3. The van der Waals surface area contributed by atoms with Crippen LogP contribution in [0.25, 0.3) is 0 Å². The van der Waals surface area contributed by atoms with Crippen molar-refractivity contribution in [2.45, 2.75) is 200 Å². The first-order chi connectivity index (χ1) is 34.2. The van der Waals surface area contributed by atoms with Gasteiger partial charge in [0, 0.05) is 19.3 Å². The maximum atomic E-state index is 12.8. The minimum absolute atomic E-state index is 0.0341. The average Bonchev–Trinajstić information content (AvgIpc) is 3.35. The predicted octanol–water partition coefficient (Wildman–Crippen LogP) is 15.2. The molecule has 12 heteroatoms. The van der Waals surface area contributed by atoms with Gasteiger partial charge in [0.25, 0.3) is 0 Å². The number of aliphatic hydroxyl groups is 1. The van der Waals surface area contributed by atoms with Crippen LogP contribution in [0, 0.1) is 0 Å². The number of carbonyl (C=O) groups excluding carboxylic acids is 3. The standard InChI is InChI=1S/C58H93O11P/c1-4-7-10-13-16-19-21-23-25-26-27-28-30-32-34-37-40-43-46-49-58(62)69-55(51-65-56(60)47-44-41-38-35-18-15-12-9-6-3)53-67-70(63,64)66-52-54(50-59)68-57(61)48-45-42-39-36-33-31-29-24-22-20-17-14-11-8-5-2/h7-8,10-11,16-17,19-20,23-25,27-29,32-34,36,40,43,54-55,59H,4-6,9,12-15,18,21-22,26,30-31,35,37-39,41-42,44-53H2,1-3H3,(H,63,64)/b10-7-,11-8-,19-16-,20-17-,25-23-,28-27-,29-24-,34-32-,36-33-,43-40-. The molecule has 3 atom stereocenters. The van der Waals surface area contributed by atoms with Crippen molar-refractivity contribution < 1.29 is 52.2 Å². The molecule has 0 heterocycles. The van der Waals surface area contributed by atoms with Gasteiger partial charge < -0.3 is 24.2 Å². The van der Waals surface area contributed by atoms with Gasteiger partial charge in [-0.1, -0.05) is 194 Å². The SMILES string of the molecule is CC/C=C\C/C=C\C/C=C\C/C=C\C/C=C\C/C=C\CCC(=O)OC(COC(=O)CCCCCCCCCCC)COP(=O)(O)OCC(CO)OC(=O)CCCC/C=C\C/C=C\C/C=C\C/C=C\CC. The number of esters is 3. The number of rotatable bonds is 47. The molecule has 3 unspecified atom stereocenters. The number of unbranched alkanes of at least 4 members (excludes halogenated alkanes) is 10. The highest BCUT2D eigenvalue weighted by Crippen LogP contribution is 2.43. The molecule has 0 bridgehead atoms. The molecule has 0 spiro atoms. The summed E-state index contributed by atoms with van der Waals surface area (Å²) in [5.41, 5.74) is 0. The van der Waals surface area contributed by atoms with Crippen LogP contribution in [0.15, 0.2) is 122 Å². The molecule has 0 saturated heterocycles. The van der Waals surface area contributed by atoms with E-state index >= 15 is 0 Å². The fourth-order valence-corrected chi connectivity index (χ4v) is 7.21. The maximum absolute atomic E-state index is 12.8. The van der Waals surface area contributed by atoms with Crippen LogP contribution in [0.1, 0.15) is 188 Å². The first kappa shape index (κ1) is 65.9. The fourth-order valence-electron chi connectivity index (χ4n) is 6.43. The molecule has 0 aliphatic carbocycles. The molecule has 0 fully saturated rings. The van der Waals surface area contributed by atoms with Crippen molar-refractivity contribution in [3.63, 3.8) is 0 Å². The molecule has 0 aromatic carbocycles. The molecule has 0 saturated carbocycles. The maximum Gasteiger partial charge on any atom is 0.472 e. The van der Waals surface area contributed by atoms with Crippen LogP contribution in [0.4, 0.5) is 0 Å². The van der Waals surface area contributed by atoms with Crippen molar-refractivity contribution in [1.82, 2.24) is 0 Å². The Kier molecular flexibility index (Phi) is 48.2. The number of allylic oxidation sites excluding steroid dienone is 20. The molecule has 0 aliphatic rings. The van der Waals surface area contributed by atoms with E-state index < -0.39 is 57.8 Å². The molecule has 0 aromatic rings. The van der Waals surface area contributed by atoms with Gasteiger partial charge in [-0.2, -0.15) is 0 Å². The van der Waals surface area contributed by atoms with Crippen LogP contribution in [-0.4, -0.2) is 66.5 Å². The van der Waals surface area contributed by atoms with Gasteiger partial charge in [-0.3, -0.25) is 23.4 Å². The molecule has 2 N–H and O–H groups in total. The Bertz CT molecular complexity index is 1630. The molecule has 0 rings (SSSR count). The largest absolute Gasteiger partial charge is 0.472 e. The van der Waals surface area contributed by atoms with Gasteiger partial charge in [0.15, 0.2) is 6.10 Å². The lowest BCUT2D eigenvalue weighted by Gasteiger charge is -2.21. The highest BCUT2D eigenvalue weighted by Gasteiger charge is 2.28. The number of hydrogen-bond donors (Lipinski definition) is 2. The second-order valence-corrected chi connectivity index (χ2v) is 18.4. The molecule has 396 valence electrons. The lowest BCUT2D eigenvalue weighted by Crippen LogP contribution is -2.30. The normalized spacial score (nSPS) is 14.4. The van der Waals surface area contributed by atoms with Crippen LogP contribution in [0.2, 0.25) is 0 Å². The summed E-state index contributed by atoms with van der Waals surface area (Å²) in [4.78, 5) is 48.2. The van der Waals surface area contributed by atoms with E-state index in [9.17, 15) is 28.9 Å². The Morgan fingerprint density at radius 3 is 1.23 bits per heavy atom. The Morgan fingerprint density at radius 1 is 0.414 bits per heavy atom. The zero-order valence-corrected chi connectivity index (χ0v) is 44.3. The Balaban J connectivity index is 4.85. The second kappa shape index (κ2) is 51.2. The summed E-state index contributed by atoms with van der Waals surface area (Å²) in [6, 6.07) is 0. The molecule has 0 radical (unpaired) electrons. The Labute approximate surface area is 424 Å². The van der Waals surface area contributed by atoms with E-state index in [0.29, 0.717) is 25.7 Å². The highest BCUT2D eigenvalue weighted by molar-refractivity contribution is 7.47. The third kappa shape index (κ3) is 48.9. The number of ether oxygens (including phenoxy) is 3. The summed E-state index contributed by atoms with van der Waals surface area (Å²) in [5.74, 6) is -1.63. The minimum atomic E-state index is -4.78. The van der Waals surface area contributed by atoms with Crippen LogP contribution in [0.3, 0.4) is 0 Å². The van der Waals surface area contributed by atoms with E-state index in [1.807, 2.05) is 12.2 Å². The monoisotopic (exact) mass is 997 g/mol. The molecule has 11 nitrogen and oxygen atoms in total. The predicted molar refractivity (Wildman–Crippen MR) is 288 cm³/mol. The number of aliphatic hydroxyl groups excluding tert-OH is 1. The first-order valence-corrected chi connectivity index (χ1v) is 27.9. The van der Waals surface area contributed by atoms with Gasteiger partial charge in [0.2, 0.25) is 0 Å². The highest BCUT2D eigenvalue weighted by atomic mass is 31.2. The van der Waals surface area contributed by atoms with Crippen molar-refractivity contribution in [2.24, 2.45) is 0 Å². The van der Waals surface area contributed by atoms with E-state index in [4.69, 9.17) is 23.3 Å². The van der Waals surface area contributed by atoms with Crippen LogP contribution < -0.4 is 0 Å². The minimum Gasteiger partial charge on any atom is -0.462 e. The third-order valence-electron chi connectivity index (χ3n) is 10.4. The number of phosphoric acid groups is 1. The summed E-state index contributed by atoms with van der Waals surface area (Å²) < 4.78 is 39.2. The Hall–Kier alpha value is -4.12. The quantitative estimate of drug-likeness (QED) is 0.0197. The number of hydrogen-bond acceptors (Lipinski definition) is 10. The van der Waals surface area contributed by atoms with Crippen molar-refractivity contribution in [3.8, 4) is 0 Å². The number of phosphoric ester groups is 1. The van der Waals surface area contributed by atoms with Gasteiger partial charge in [-0.05, 0) is 96.3 Å². The van der Waals surface area contributed by atoms with E-state index in [1.165, 1.54) is 32.1 Å². The van der Waals surface area contributed by atoms with Crippen LogP contribution >= 0.6 is 7.82 Å². The van der Waals surface area contributed by atoms with Crippen LogP contribution in [-0.2, 0) is 42.2 Å². The van der Waals surface area contributed by atoms with Crippen molar-refractivity contribution >= 4 is 25.7 Å². The summed E-state index contributed by atoms with van der Waals surface area (Å²) in [5, 5.41) is 9.77. The first-order valence-electron chi connectivity index (χ1n) is 26.4. The summed E-state index contributed by atoms with van der Waals surface area (Å²) in [7, 11) is -4.78. The molecular formula is C58H93O11P. The molecule has 0 amide bonds. The fraction of sp³-hybridized carbons (Fsp3) is 0.603.